The molecule has 0 aliphatic rings. The van der Waals surface area contributed by atoms with Crippen molar-refractivity contribution in [2.24, 2.45) is 0 Å². The van der Waals surface area contributed by atoms with E-state index in [4.69, 9.17) is 4.74 Å². The van der Waals surface area contributed by atoms with Crippen LogP contribution in [0.15, 0.2) is 36.4 Å². The highest BCUT2D eigenvalue weighted by molar-refractivity contribution is 5.94. The van der Waals surface area contributed by atoms with Crippen LogP contribution in [0.4, 0.5) is 17.1 Å². The van der Waals surface area contributed by atoms with Gasteiger partial charge in [-0.2, -0.15) is 0 Å². The van der Waals surface area contributed by atoms with Gasteiger partial charge in [-0.25, -0.2) is 0 Å². The van der Waals surface area contributed by atoms with Crippen LogP contribution < -0.4 is 20.3 Å². The van der Waals surface area contributed by atoms with Gasteiger partial charge >= 0.3 is 0 Å². The molecule has 0 spiro atoms. The molecule has 2 aromatic carbocycles. The van der Waals surface area contributed by atoms with E-state index in [2.05, 4.69) is 10.6 Å². The van der Waals surface area contributed by atoms with Gasteiger partial charge < -0.3 is 20.3 Å². The number of methoxy groups -OCH3 is 1. The molecule has 2 rings (SSSR count). The maximum absolute atomic E-state index is 12.3. The number of carbonyl (C=O) groups excluding carboxylic acids is 2. The quantitative estimate of drug-likeness (QED) is 0.456. The third-order valence-electron chi connectivity index (χ3n) is 4.38. The van der Waals surface area contributed by atoms with E-state index in [9.17, 15) is 19.7 Å². The van der Waals surface area contributed by atoms with Gasteiger partial charge in [0, 0.05) is 11.8 Å². The van der Waals surface area contributed by atoms with E-state index in [0.717, 1.165) is 11.1 Å². The Bertz CT molecular complexity index is 912. The monoisotopic (exact) mass is 401 g/mol. The molecular formula is C20H25N4O5+. The molecule has 0 radical (unpaired) electrons. The summed E-state index contributed by atoms with van der Waals surface area (Å²) >= 11 is 0. The first-order chi connectivity index (χ1) is 13.7. The van der Waals surface area contributed by atoms with E-state index in [-0.39, 0.29) is 30.4 Å². The van der Waals surface area contributed by atoms with Crippen molar-refractivity contribution in [3.63, 3.8) is 0 Å². The fraction of sp³-hybridized carbons (Fsp3) is 0.300. The number of nitro benzene ring substituents is 1. The molecule has 0 aliphatic carbocycles. The number of hydrogen-bond donors (Lipinski definition) is 3. The zero-order valence-corrected chi connectivity index (χ0v) is 16.9. The molecule has 0 saturated heterocycles. The van der Waals surface area contributed by atoms with Gasteiger partial charge in [-0.3, -0.25) is 19.7 Å². The number of nitrogens with zero attached hydrogens (tertiary/aromatic N) is 1. The van der Waals surface area contributed by atoms with Crippen LogP contribution in [0.3, 0.4) is 0 Å². The molecule has 0 fully saturated rings. The number of anilines is 2. The van der Waals surface area contributed by atoms with Crippen LogP contribution in [0, 0.1) is 24.0 Å². The number of hydrogen-bond acceptors (Lipinski definition) is 5. The van der Waals surface area contributed by atoms with Crippen molar-refractivity contribution in [2.75, 3.05) is 37.9 Å². The van der Waals surface area contributed by atoms with Crippen molar-refractivity contribution in [1.29, 1.82) is 0 Å². The average molecular weight is 401 g/mol. The molecule has 0 aliphatic heterocycles. The smallest absolute Gasteiger partial charge is 0.293 e. The molecular weight excluding hydrogens is 376 g/mol. The molecule has 2 aromatic rings. The first kappa shape index (κ1) is 21.8. The SMILES string of the molecule is COc1ccc(NC(=O)C[NH+](C)CC(=O)Nc2cc(C)c(C)cc2[N+](=O)[O-])cc1. The van der Waals surface area contributed by atoms with Gasteiger partial charge in [-0.05, 0) is 55.3 Å². The second kappa shape index (κ2) is 9.65. The molecule has 2 amide bonds. The molecule has 0 heterocycles. The lowest BCUT2D eigenvalue weighted by molar-refractivity contribution is -0.862. The highest BCUT2D eigenvalue weighted by Gasteiger charge is 2.20. The summed E-state index contributed by atoms with van der Waals surface area (Å²) in [5, 5.41) is 16.6. The van der Waals surface area contributed by atoms with Crippen molar-refractivity contribution in [1.82, 2.24) is 0 Å². The van der Waals surface area contributed by atoms with Crippen LogP contribution in [0.1, 0.15) is 11.1 Å². The number of ether oxygens (including phenoxy) is 1. The first-order valence-corrected chi connectivity index (χ1v) is 9.00. The molecule has 9 nitrogen and oxygen atoms in total. The minimum absolute atomic E-state index is 0.0138. The number of nitrogens with one attached hydrogen (secondary N) is 3. The van der Waals surface area contributed by atoms with Crippen LogP contribution in [0.5, 0.6) is 5.75 Å². The average Bonchev–Trinajstić information content (AvgIpc) is 2.64. The van der Waals surface area contributed by atoms with Crippen LogP contribution in [-0.4, -0.2) is 44.0 Å². The number of nitro groups is 1. The normalized spacial score (nSPS) is 11.4. The lowest BCUT2D eigenvalue weighted by Gasteiger charge is -2.14. The number of quaternary nitrogens is 1. The standard InChI is InChI=1S/C20H24N4O5/c1-13-9-17(18(24(27)28)10-14(13)2)22-20(26)12-23(3)11-19(25)21-15-5-7-16(29-4)8-6-15/h5-10H,11-12H2,1-4H3,(H,21,25)(H,22,26)/p+1. The van der Waals surface area contributed by atoms with Gasteiger partial charge in [0.05, 0.1) is 19.1 Å². The van der Waals surface area contributed by atoms with Gasteiger partial charge in [-0.15, -0.1) is 0 Å². The Labute approximate surface area is 168 Å². The Morgan fingerprint density at radius 3 is 2.14 bits per heavy atom. The number of amides is 2. The molecule has 1 unspecified atom stereocenters. The Kier molecular flexibility index (Phi) is 7.27. The van der Waals surface area contributed by atoms with Crippen molar-refractivity contribution in [3.8, 4) is 5.75 Å². The molecule has 3 N–H and O–H groups in total. The van der Waals surface area contributed by atoms with Crippen LogP contribution in [0.25, 0.3) is 0 Å². The molecule has 0 bridgehead atoms. The zero-order chi connectivity index (χ0) is 21.6. The summed E-state index contributed by atoms with van der Waals surface area (Å²) in [7, 11) is 3.26. The summed E-state index contributed by atoms with van der Waals surface area (Å²) in [6, 6.07) is 9.92. The molecule has 0 saturated carbocycles. The number of rotatable bonds is 8. The lowest BCUT2D eigenvalue weighted by Crippen LogP contribution is -3.11. The van der Waals surface area contributed by atoms with Gasteiger partial charge in [0.15, 0.2) is 13.1 Å². The van der Waals surface area contributed by atoms with Crippen molar-refractivity contribution in [3.05, 3.63) is 57.6 Å². The number of carbonyl (C=O) groups is 2. The van der Waals surface area contributed by atoms with Crippen molar-refractivity contribution < 1.29 is 24.1 Å². The summed E-state index contributed by atoms with van der Waals surface area (Å²) in [5.74, 6) is 0.0200. The van der Waals surface area contributed by atoms with E-state index in [1.54, 1.807) is 51.4 Å². The van der Waals surface area contributed by atoms with Gasteiger partial charge in [0.25, 0.3) is 17.5 Å². The number of likely N-dealkylation sites (N-methyl/N-ethyl adjacent to an activating group) is 1. The fourth-order valence-electron chi connectivity index (χ4n) is 2.74. The third kappa shape index (κ3) is 6.28. The highest BCUT2D eigenvalue weighted by atomic mass is 16.6. The van der Waals surface area contributed by atoms with Crippen LogP contribution >= 0.6 is 0 Å². The predicted octanol–water partition coefficient (Wildman–Crippen LogP) is 1.31. The highest BCUT2D eigenvalue weighted by Crippen LogP contribution is 2.27. The Morgan fingerprint density at radius 2 is 1.59 bits per heavy atom. The lowest BCUT2D eigenvalue weighted by atomic mass is 10.1. The number of benzene rings is 2. The Hall–Kier alpha value is -3.46. The zero-order valence-electron chi connectivity index (χ0n) is 16.9. The van der Waals surface area contributed by atoms with Crippen molar-refractivity contribution >= 4 is 28.9 Å². The van der Waals surface area contributed by atoms with Crippen LogP contribution in [0.2, 0.25) is 0 Å². The van der Waals surface area contributed by atoms with Gasteiger partial charge in [0.1, 0.15) is 11.4 Å². The largest absolute Gasteiger partial charge is 0.497 e. The summed E-state index contributed by atoms with van der Waals surface area (Å²) in [6.45, 7) is 3.64. The van der Waals surface area contributed by atoms with E-state index in [1.165, 1.54) is 6.07 Å². The van der Waals surface area contributed by atoms with Crippen molar-refractivity contribution in [2.45, 2.75) is 13.8 Å². The topological polar surface area (TPSA) is 115 Å². The van der Waals surface area contributed by atoms with E-state index < -0.39 is 10.8 Å². The van der Waals surface area contributed by atoms with E-state index >= 15 is 0 Å². The minimum atomic E-state index is -0.527. The molecule has 154 valence electrons. The third-order valence-corrected chi connectivity index (χ3v) is 4.38. The summed E-state index contributed by atoms with van der Waals surface area (Å²) in [5.41, 5.74) is 2.23. The summed E-state index contributed by atoms with van der Waals surface area (Å²) < 4.78 is 5.06. The maximum atomic E-state index is 12.3. The first-order valence-electron chi connectivity index (χ1n) is 9.00. The summed E-state index contributed by atoms with van der Waals surface area (Å²) in [4.78, 5) is 35.8. The minimum Gasteiger partial charge on any atom is -0.497 e. The van der Waals surface area contributed by atoms with E-state index in [0.29, 0.717) is 16.3 Å². The Balaban J connectivity index is 1.92. The van der Waals surface area contributed by atoms with Gasteiger partial charge in [0.2, 0.25) is 0 Å². The molecule has 9 heteroatoms. The van der Waals surface area contributed by atoms with E-state index in [1.807, 2.05) is 6.92 Å². The molecule has 29 heavy (non-hydrogen) atoms. The summed E-state index contributed by atoms with van der Waals surface area (Å²) in [6.07, 6.45) is 0. The predicted molar refractivity (Wildman–Crippen MR) is 109 cm³/mol. The van der Waals surface area contributed by atoms with Crippen LogP contribution in [-0.2, 0) is 9.59 Å². The second-order valence-electron chi connectivity index (χ2n) is 6.85. The van der Waals surface area contributed by atoms with Gasteiger partial charge in [-0.1, -0.05) is 0 Å². The molecule has 0 aromatic heterocycles. The molecule has 1 atom stereocenters. The number of aryl methyl sites for hydroxylation is 2. The maximum Gasteiger partial charge on any atom is 0.293 e. The second-order valence-corrected chi connectivity index (χ2v) is 6.85. The fourth-order valence-corrected chi connectivity index (χ4v) is 2.74. The Morgan fingerprint density at radius 1 is 1.03 bits per heavy atom.